The van der Waals surface area contributed by atoms with E-state index in [1.807, 2.05) is 30.3 Å². The second-order valence-electron chi connectivity index (χ2n) is 7.26. The fourth-order valence-electron chi connectivity index (χ4n) is 3.61. The Labute approximate surface area is 184 Å². The summed E-state index contributed by atoms with van der Waals surface area (Å²) in [6.07, 6.45) is 4.00. The predicted octanol–water partition coefficient (Wildman–Crippen LogP) is 4.21. The van der Waals surface area contributed by atoms with E-state index in [4.69, 9.17) is 9.26 Å². The molecule has 1 aromatic heterocycles. The second-order valence-corrected chi connectivity index (χ2v) is 10.2. The molecule has 0 N–H and O–H groups in total. The van der Waals surface area contributed by atoms with E-state index in [9.17, 15) is 8.42 Å². The molecule has 0 saturated carbocycles. The quantitative estimate of drug-likeness (QED) is 0.513. The van der Waals surface area contributed by atoms with Gasteiger partial charge in [-0.05, 0) is 61.1 Å². The smallest absolute Gasteiger partial charge is 0.246 e. The number of ether oxygens (including phenoxy) is 1. The molecule has 1 heterocycles. The van der Waals surface area contributed by atoms with Crippen LogP contribution < -0.4 is 4.74 Å². The number of aryl methyl sites for hydroxylation is 2. The van der Waals surface area contributed by atoms with Gasteiger partial charge in [-0.15, -0.1) is 0 Å². The first-order chi connectivity index (χ1) is 14.4. The molecule has 0 unspecified atom stereocenters. The number of rotatable bonds is 6. The lowest BCUT2D eigenvalue weighted by atomic mass is 9.92. The normalized spacial score (nSPS) is 14.0. The Morgan fingerprint density at radius 3 is 2.60 bits per heavy atom. The van der Waals surface area contributed by atoms with E-state index < -0.39 is 10.0 Å². The maximum Gasteiger partial charge on any atom is 0.246 e. The lowest BCUT2D eigenvalue weighted by Gasteiger charge is -2.22. The van der Waals surface area contributed by atoms with Crippen LogP contribution in [0.1, 0.15) is 29.9 Å². The molecule has 0 radical (unpaired) electrons. The summed E-state index contributed by atoms with van der Waals surface area (Å²) in [5.41, 5.74) is 3.01. The van der Waals surface area contributed by atoms with Gasteiger partial charge in [-0.25, -0.2) is 8.42 Å². The molecule has 2 aromatic carbocycles. The molecule has 0 amide bonds. The summed E-state index contributed by atoms with van der Waals surface area (Å²) in [5, 5.41) is 3.97. The summed E-state index contributed by atoms with van der Waals surface area (Å²) in [4.78, 5) is 4.51. The van der Waals surface area contributed by atoms with Gasteiger partial charge in [0.25, 0.3) is 0 Å². The van der Waals surface area contributed by atoms with Gasteiger partial charge < -0.3 is 9.26 Å². The maximum atomic E-state index is 13.3. The number of methoxy groups -OCH3 is 1. The third-order valence-electron chi connectivity index (χ3n) is 5.23. The van der Waals surface area contributed by atoms with Crippen molar-refractivity contribution in [1.82, 2.24) is 14.4 Å². The van der Waals surface area contributed by atoms with Crippen LogP contribution in [0.15, 0.2) is 50.3 Å². The number of halogens is 1. The van der Waals surface area contributed by atoms with Gasteiger partial charge in [0.05, 0.1) is 13.7 Å². The molecule has 7 nitrogen and oxygen atoms in total. The van der Waals surface area contributed by atoms with Crippen molar-refractivity contribution >= 4 is 26.0 Å². The zero-order chi connectivity index (χ0) is 21.3. The van der Waals surface area contributed by atoms with Crippen LogP contribution in [0.3, 0.4) is 0 Å². The Hall–Kier alpha value is -2.23. The largest absolute Gasteiger partial charge is 0.495 e. The highest BCUT2D eigenvalue weighted by molar-refractivity contribution is 9.10. The molecular formula is C21H22BrN3O4S. The number of benzene rings is 2. The highest BCUT2D eigenvalue weighted by Gasteiger charge is 2.28. The van der Waals surface area contributed by atoms with Crippen LogP contribution in [-0.4, -0.2) is 37.0 Å². The Morgan fingerprint density at radius 2 is 1.90 bits per heavy atom. The van der Waals surface area contributed by atoms with Crippen LogP contribution in [0.4, 0.5) is 0 Å². The standard InChI is InChI=1S/C21H22BrN3O4S/c1-25(13-20-23-21(24-29-20)16-8-5-9-17(22)10-16)30(26,27)19-12-15-7-4-3-6-14(15)11-18(19)28-2/h5,8-12H,3-4,6-7,13H2,1-2H3. The first-order valence-electron chi connectivity index (χ1n) is 9.63. The molecule has 1 aliphatic carbocycles. The van der Waals surface area contributed by atoms with Crippen molar-refractivity contribution in [3.8, 4) is 17.1 Å². The number of sulfonamides is 1. The lowest BCUT2D eigenvalue weighted by Crippen LogP contribution is -2.27. The van der Waals surface area contributed by atoms with Gasteiger partial charge in [0.1, 0.15) is 10.6 Å². The zero-order valence-electron chi connectivity index (χ0n) is 16.8. The van der Waals surface area contributed by atoms with E-state index in [1.54, 1.807) is 6.07 Å². The molecule has 4 rings (SSSR count). The number of hydrogen-bond acceptors (Lipinski definition) is 6. The molecular weight excluding hydrogens is 470 g/mol. The first kappa shape index (κ1) is 21.0. The topological polar surface area (TPSA) is 85.5 Å². The monoisotopic (exact) mass is 491 g/mol. The molecule has 158 valence electrons. The van der Waals surface area contributed by atoms with Crippen molar-refractivity contribution in [2.24, 2.45) is 0 Å². The third-order valence-corrected chi connectivity index (χ3v) is 7.54. The summed E-state index contributed by atoms with van der Waals surface area (Å²) in [5.74, 6) is 0.985. The Balaban J connectivity index is 1.60. The highest BCUT2D eigenvalue weighted by Crippen LogP contribution is 2.33. The fraction of sp³-hybridized carbons (Fsp3) is 0.333. The number of nitrogens with zero attached hydrogens (tertiary/aromatic N) is 3. The maximum absolute atomic E-state index is 13.3. The molecule has 0 spiro atoms. The second kappa shape index (κ2) is 8.49. The summed E-state index contributed by atoms with van der Waals surface area (Å²) in [7, 11) is -0.813. The number of hydrogen-bond donors (Lipinski definition) is 0. The summed E-state index contributed by atoms with van der Waals surface area (Å²) in [6.45, 7) is -0.0381. The summed E-state index contributed by atoms with van der Waals surface area (Å²) >= 11 is 3.41. The van der Waals surface area contributed by atoms with Gasteiger partial charge in [0, 0.05) is 17.1 Å². The third kappa shape index (κ3) is 4.14. The Bertz CT molecular complexity index is 1180. The molecule has 0 aliphatic heterocycles. The van der Waals surface area contributed by atoms with Gasteiger partial charge in [0.2, 0.25) is 21.7 Å². The van der Waals surface area contributed by atoms with Gasteiger partial charge >= 0.3 is 0 Å². The van der Waals surface area contributed by atoms with Gasteiger partial charge in [0.15, 0.2) is 0 Å². The molecule has 0 atom stereocenters. The van der Waals surface area contributed by atoms with Crippen molar-refractivity contribution in [3.63, 3.8) is 0 Å². The lowest BCUT2D eigenvalue weighted by molar-refractivity contribution is 0.335. The van der Waals surface area contributed by atoms with Crippen molar-refractivity contribution < 1.29 is 17.7 Å². The van der Waals surface area contributed by atoms with Crippen molar-refractivity contribution in [1.29, 1.82) is 0 Å². The van der Waals surface area contributed by atoms with Crippen molar-refractivity contribution in [2.45, 2.75) is 37.1 Å². The van der Waals surface area contributed by atoms with Crippen LogP contribution in [0.2, 0.25) is 0 Å². The van der Waals surface area contributed by atoms with Crippen LogP contribution in [0.5, 0.6) is 5.75 Å². The molecule has 0 saturated heterocycles. The van der Waals surface area contributed by atoms with Gasteiger partial charge in [-0.2, -0.15) is 9.29 Å². The van der Waals surface area contributed by atoms with E-state index in [2.05, 4.69) is 26.1 Å². The van der Waals surface area contributed by atoms with Crippen LogP contribution in [0, 0.1) is 0 Å². The SMILES string of the molecule is COc1cc2c(cc1S(=O)(=O)N(C)Cc1nc(-c3cccc(Br)c3)no1)CCCC2. The predicted molar refractivity (Wildman–Crippen MR) is 116 cm³/mol. The summed E-state index contributed by atoms with van der Waals surface area (Å²) in [6, 6.07) is 11.1. The van der Waals surface area contributed by atoms with Crippen molar-refractivity contribution in [2.75, 3.05) is 14.2 Å². The van der Waals surface area contributed by atoms with Gasteiger partial charge in [-0.3, -0.25) is 0 Å². The minimum atomic E-state index is -3.80. The zero-order valence-corrected chi connectivity index (χ0v) is 19.2. The molecule has 3 aromatic rings. The van der Waals surface area contributed by atoms with E-state index >= 15 is 0 Å². The average molecular weight is 492 g/mol. The van der Waals surface area contributed by atoms with Crippen LogP contribution >= 0.6 is 15.9 Å². The minimum absolute atomic E-state index is 0.0381. The molecule has 9 heteroatoms. The van der Waals surface area contributed by atoms with E-state index in [1.165, 1.54) is 18.5 Å². The van der Waals surface area contributed by atoms with E-state index in [-0.39, 0.29) is 17.3 Å². The van der Waals surface area contributed by atoms with Gasteiger partial charge in [-0.1, -0.05) is 33.2 Å². The van der Waals surface area contributed by atoms with Crippen LogP contribution in [-0.2, 0) is 29.4 Å². The first-order valence-corrected chi connectivity index (χ1v) is 11.9. The molecule has 1 aliphatic rings. The van der Waals surface area contributed by atoms with Crippen molar-refractivity contribution in [3.05, 3.63) is 57.9 Å². The fourth-order valence-corrected chi connectivity index (χ4v) is 5.31. The van der Waals surface area contributed by atoms with Crippen LogP contribution in [0.25, 0.3) is 11.4 Å². The number of fused-ring (bicyclic) bond motifs is 1. The highest BCUT2D eigenvalue weighted by atomic mass is 79.9. The minimum Gasteiger partial charge on any atom is -0.495 e. The average Bonchev–Trinajstić information content (AvgIpc) is 3.21. The Morgan fingerprint density at radius 1 is 1.17 bits per heavy atom. The summed E-state index contributed by atoms with van der Waals surface area (Å²) < 4.78 is 39.4. The van der Waals surface area contributed by atoms with E-state index in [0.717, 1.165) is 46.8 Å². The molecule has 30 heavy (non-hydrogen) atoms. The molecule has 0 fully saturated rings. The number of aromatic nitrogens is 2. The Kier molecular flexibility index (Phi) is 5.95. The van der Waals surface area contributed by atoms with E-state index in [0.29, 0.717) is 11.6 Å². The molecule has 0 bridgehead atoms.